The molecule has 0 aliphatic rings. The van der Waals surface area contributed by atoms with E-state index in [4.69, 9.17) is 15.2 Å². The van der Waals surface area contributed by atoms with Crippen molar-refractivity contribution in [1.82, 2.24) is 5.32 Å². The minimum absolute atomic E-state index is 0.245. The fourth-order valence-electron chi connectivity index (χ4n) is 3.23. The van der Waals surface area contributed by atoms with Gasteiger partial charge in [0, 0.05) is 13.5 Å². The number of hydrogen-bond donors (Lipinski definition) is 2. The summed E-state index contributed by atoms with van der Waals surface area (Å²) in [6.07, 6.45) is -0.585. The van der Waals surface area contributed by atoms with Crippen LogP contribution in [0.5, 0.6) is 5.75 Å². The van der Waals surface area contributed by atoms with Crippen molar-refractivity contribution < 1.29 is 19.1 Å². The molecule has 0 unspecified atom stereocenters. The van der Waals surface area contributed by atoms with Crippen molar-refractivity contribution in [3.63, 3.8) is 0 Å². The van der Waals surface area contributed by atoms with Crippen molar-refractivity contribution >= 4 is 11.8 Å². The van der Waals surface area contributed by atoms with Crippen LogP contribution in [0.25, 0.3) is 0 Å². The highest BCUT2D eigenvalue weighted by atomic mass is 16.5. The van der Waals surface area contributed by atoms with Gasteiger partial charge in [0.1, 0.15) is 18.4 Å². The molecule has 0 aliphatic heterocycles. The van der Waals surface area contributed by atoms with Gasteiger partial charge in [-0.25, -0.2) is 0 Å². The molecule has 3 aromatic rings. The number of nitrogens with two attached hydrogens (primary N) is 1. The number of carbonyl (C=O) groups is 2. The summed E-state index contributed by atoms with van der Waals surface area (Å²) in [6, 6.07) is 25.4. The summed E-state index contributed by atoms with van der Waals surface area (Å²) in [4.78, 5) is 24.8. The van der Waals surface area contributed by atoms with E-state index in [1.165, 1.54) is 7.11 Å². The summed E-state index contributed by atoms with van der Waals surface area (Å²) >= 11 is 0. The highest BCUT2D eigenvalue weighted by Gasteiger charge is 2.25. The van der Waals surface area contributed by atoms with Crippen LogP contribution >= 0.6 is 0 Å². The van der Waals surface area contributed by atoms with Crippen molar-refractivity contribution in [2.45, 2.75) is 25.2 Å². The van der Waals surface area contributed by atoms with Crippen LogP contribution in [-0.2, 0) is 27.4 Å². The Morgan fingerprint density at radius 3 is 2.19 bits per heavy atom. The molecule has 160 valence electrons. The van der Waals surface area contributed by atoms with Crippen molar-refractivity contribution in [3.8, 4) is 5.75 Å². The number of hydrogen-bond acceptors (Lipinski definition) is 4. The number of carbonyl (C=O) groups excluding carboxylic acids is 2. The molecule has 0 bridgehead atoms. The molecule has 3 rings (SSSR count). The number of methoxy groups -OCH3 is 1. The first-order valence-electron chi connectivity index (χ1n) is 10.00. The van der Waals surface area contributed by atoms with Crippen molar-refractivity contribution in [1.29, 1.82) is 0 Å². The first-order chi connectivity index (χ1) is 15.1. The third kappa shape index (κ3) is 6.42. The maximum atomic E-state index is 12.7. The van der Waals surface area contributed by atoms with Gasteiger partial charge < -0.3 is 20.5 Å². The van der Waals surface area contributed by atoms with Crippen LogP contribution in [-0.4, -0.2) is 25.0 Å². The molecular formula is C25H26N2O4. The van der Waals surface area contributed by atoms with Gasteiger partial charge in [-0.3, -0.25) is 9.59 Å². The van der Waals surface area contributed by atoms with Crippen molar-refractivity contribution in [3.05, 3.63) is 102 Å². The quantitative estimate of drug-likeness (QED) is 0.529. The van der Waals surface area contributed by atoms with Crippen LogP contribution in [0.4, 0.5) is 0 Å². The number of benzene rings is 3. The lowest BCUT2D eigenvalue weighted by Gasteiger charge is -2.20. The molecule has 6 heteroatoms. The molecule has 0 radical (unpaired) electrons. The van der Waals surface area contributed by atoms with E-state index in [1.54, 1.807) is 12.1 Å². The minimum atomic E-state index is -0.877. The van der Waals surface area contributed by atoms with Crippen LogP contribution in [0.2, 0.25) is 0 Å². The predicted molar refractivity (Wildman–Crippen MR) is 118 cm³/mol. The van der Waals surface area contributed by atoms with Gasteiger partial charge in [0.2, 0.25) is 5.91 Å². The average molecular weight is 418 g/mol. The molecule has 0 aliphatic carbocycles. The van der Waals surface area contributed by atoms with Crippen molar-refractivity contribution in [2.24, 2.45) is 5.73 Å². The van der Waals surface area contributed by atoms with E-state index >= 15 is 0 Å². The Labute approximate surface area is 182 Å². The van der Waals surface area contributed by atoms with Gasteiger partial charge in [-0.2, -0.15) is 0 Å². The Kier molecular flexibility index (Phi) is 7.79. The van der Waals surface area contributed by atoms with Gasteiger partial charge >= 0.3 is 0 Å². The Morgan fingerprint density at radius 1 is 0.903 bits per heavy atom. The Bertz CT molecular complexity index is 993. The lowest BCUT2D eigenvalue weighted by molar-refractivity contribution is -0.134. The number of amides is 2. The van der Waals surface area contributed by atoms with Gasteiger partial charge in [-0.05, 0) is 28.8 Å². The van der Waals surface area contributed by atoms with E-state index in [0.717, 1.165) is 11.1 Å². The second-order valence-electron chi connectivity index (χ2n) is 7.12. The average Bonchev–Trinajstić information content (AvgIpc) is 2.79. The molecule has 3 aromatic carbocycles. The molecule has 0 fully saturated rings. The zero-order valence-corrected chi connectivity index (χ0v) is 17.4. The van der Waals surface area contributed by atoms with Crippen LogP contribution in [0.15, 0.2) is 84.9 Å². The largest absolute Gasteiger partial charge is 0.489 e. The first kappa shape index (κ1) is 22.1. The van der Waals surface area contributed by atoms with E-state index in [9.17, 15) is 9.59 Å². The number of ether oxygens (including phenoxy) is 2. The standard InChI is InChI=1S/C25H26N2O4/c1-30-23(20-12-6-3-7-13-20)25(29)27-22(24(26)28)16-19-11-8-14-21(15-19)31-17-18-9-4-2-5-10-18/h2-15,22-23H,16-17H2,1H3,(H2,26,28)(H,27,29)/t22-,23-/m0/s1. The van der Waals surface area contributed by atoms with E-state index in [0.29, 0.717) is 17.9 Å². The molecule has 0 heterocycles. The Hall–Kier alpha value is -3.64. The zero-order valence-electron chi connectivity index (χ0n) is 17.4. The first-order valence-corrected chi connectivity index (χ1v) is 10.00. The second-order valence-corrected chi connectivity index (χ2v) is 7.12. The third-order valence-corrected chi connectivity index (χ3v) is 4.82. The summed E-state index contributed by atoms with van der Waals surface area (Å²) in [5.41, 5.74) is 8.14. The van der Waals surface area contributed by atoms with Gasteiger partial charge in [0.05, 0.1) is 0 Å². The lowest BCUT2D eigenvalue weighted by Crippen LogP contribution is -2.47. The highest BCUT2D eigenvalue weighted by Crippen LogP contribution is 2.19. The molecule has 3 N–H and O–H groups in total. The van der Waals surface area contributed by atoms with Crippen LogP contribution in [0, 0.1) is 0 Å². The summed E-state index contributed by atoms with van der Waals surface area (Å²) in [5, 5.41) is 2.71. The summed E-state index contributed by atoms with van der Waals surface area (Å²) in [5.74, 6) is -0.365. The molecule has 0 spiro atoms. The molecule has 0 saturated heterocycles. The maximum absolute atomic E-state index is 12.7. The van der Waals surface area contributed by atoms with Gasteiger partial charge in [-0.1, -0.05) is 72.8 Å². The Balaban J connectivity index is 1.65. The molecule has 31 heavy (non-hydrogen) atoms. The van der Waals surface area contributed by atoms with Crippen molar-refractivity contribution in [2.75, 3.05) is 7.11 Å². The molecule has 0 aromatic heterocycles. The number of primary amides is 1. The van der Waals surface area contributed by atoms with E-state index in [2.05, 4.69) is 5.32 Å². The lowest BCUT2D eigenvalue weighted by atomic mass is 10.0. The molecule has 2 amide bonds. The second kappa shape index (κ2) is 10.9. The highest BCUT2D eigenvalue weighted by molar-refractivity contribution is 5.89. The number of rotatable bonds is 10. The van der Waals surface area contributed by atoms with E-state index < -0.39 is 24.0 Å². The number of nitrogens with one attached hydrogen (secondary N) is 1. The van der Waals surface area contributed by atoms with Crippen LogP contribution in [0.3, 0.4) is 0 Å². The van der Waals surface area contributed by atoms with Crippen LogP contribution < -0.4 is 15.8 Å². The third-order valence-electron chi connectivity index (χ3n) is 4.82. The molecule has 0 saturated carbocycles. The fourth-order valence-corrected chi connectivity index (χ4v) is 3.23. The maximum Gasteiger partial charge on any atom is 0.254 e. The minimum Gasteiger partial charge on any atom is -0.489 e. The smallest absolute Gasteiger partial charge is 0.254 e. The topological polar surface area (TPSA) is 90.7 Å². The molecular weight excluding hydrogens is 392 g/mol. The summed E-state index contributed by atoms with van der Waals surface area (Å²) in [7, 11) is 1.45. The SMILES string of the molecule is CO[C@H](C(=O)N[C@@H](Cc1cccc(OCc2ccccc2)c1)C(N)=O)c1ccccc1. The van der Waals surface area contributed by atoms with Gasteiger partial charge in [0.25, 0.3) is 5.91 Å². The summed E-state index contributed by atoms with van der Waals surface area (Å²) in [6.45, 7) is 0.437. The van der Waals surface area contributed by atoms with Gasteiger partial charge in [-0.15, -0.1) is 0 Å². The molecule has 6 nitrogen and oxygen atoms in total. The van der Waals surface area contributed by atoms with E-state index in [1.807, 2.05) is 72.8 Å². The van der Waals surface area contributed by atoms with Crippen LogP contribution in [0.1, 0.15) is 22.8 Å². The zero-order chi connectivity index (χ0) is 22.1. The fraction of sp³-hybridized carbons (Fsp3) is 0.200. The predicted octanol–water partition coefficient (Wildman–Crippen LogP) is 3.17. The van der Waals surface area contributed by atoms with Gasteiger partial charge in [0.15, 0.2) is 6.10 Å². The summed E-state index contributed by atoms with van der Waals surface area (Å²) < 4.78 is 11.2. The monoisotopic (exact) mass is 418 g/mol. The normalized spacial score (nSPS) is 12.5. The van der Waals surface area contributed by atoms with E-state index in [-0.39, 0.29) is 6.42 Å². The Morgan fingerprint density at radius 2 is 1.55 bits per heavy atom. The molecule has 2 atom stereocenters.